The first-order valence-corrected chi connectivity index (χ1v) is 12.3. The van der Waals surface area contributed by atoms with Crippen LogP contribution in [-0.4, -0.2) is 53.7 Å². The highest BCUT2D eigenvalue weighted by Crippen LogP contribution is 2.33. The van der Waals surface area contributed by atoms with E-state index in [-0.39, 0.29) is 11.5 Å². The summed E-state index contributed by atoms with van der Waals surface area (Å²) in [5.74, 6) is 1.46. The molecule has 178 valence electrons. The second-order valence-electron chi connectivity index (χ2n) is 10.5. The van der Waals surface area contributed by atoms with Crippen molar-refractivity contribution < 1.29 is 14.3 Å². The van der Waals surface area contributed by atoms with Gasteiger partial charge in [-0.15, -0.1) is 0 Å². The van der Waals surface area contributed by atoms with Crippen LogP contribution in [0.3, 0.4) is 0 Å². The van der Waals surface area contributed by atoms with Gasteiger partial charge in [-0.1, -0.05) is 56.3 Å². The van der Waals surface area contributed by atoms with E-state index in [4.69, 9.17) is 9.47 Å². The van der Waals surface area contributed by atoms with E-state index in [1.54, 1.807) is 0 Å². The quantitative estimate of drug-likeness (QED) is 0.615. The average molecular weight is 451 g/mol. The molecule has 0 N–H and O–H groups in total. The van der Waals surface area contributed by atoms with Gasteiger partial charge in [-0.2, -0.15) is 0 Å². The first-order valence-electron chi connectivity index (χ1n) is 12.3. The van der Waals surface area contributed by atoms with Crippen molar-refractivity contribution in [1.82, 2.24) is 9.80 Å². The number of hydrogen-bond donors (Lipinski definition) is 0. The molecule has 5 heteroatoms. The van der Waals surface area contributed by atoms with Crippen molar-refractivity contribution in [2.24, 2.45) is 5.92 Å². The minimum atomic E-state index is -0.414. The van der Waals surface area contributed by atoms with Crippen LogP contribution in [0, 0.1) is 5.92 Å². The Morgan fingerprint density at radius 1 is 1.15 bits per heavy atom. The zero-order chi connectivity index (χ0) is 23.4. The lowest BCUT2D eigenvalue weighted by molar-refractivity contribution is -0.151. The maximum atomic E-state index is 13.6. The summed E-state index contributed by atoms with van der Waals surface area (Å²) in [6, 6.07) is 16.8. The summed E-state index contributed by atoms with van der Waals surface area (Å²) in [5, 5.41) is 0. The molecule has 1 fully saturated rings. The lowest BCUT2D eigenvalue weighted by atomic mass is 9.93. The minimum absolute atomic E-state index is 0.0940. The van der Waals surface area contributed by atoms with Gasteiger partial charge in [-0.3, -0.25) is 9.69 Å². The molecular formula is C28H38N2O3. The monoisotopic (exact) mass is 450 g/mol. The minimum Gasteiger partial charge on any atom is -0.488 e. The van der Waals surface area contributed by atoms with E-state index in [0.29, 0.717) is 25.6 Å². The molecule has 0 aromatic heterocycles. The number of aryl methyl sites for hydroxylation is 1. The smallest absolute Gasteiger partial charge is 0.253 e. The van der Waals surface area contributed by atoms with Gasteiger partial charge >= 0.3 is 0 Å². The summed E-state index contributed by atoms with van der Waals surface area (Å²) in [4.78, 5) is 17.9. The van der Waals surface area contributed by atoms with Gasteiger partial charge in [0.05, 0.1) is 6.61 Å². The molecule has 4 rings (SSSR count). The van der Waals surface area contributed by atoms with Crippen LogP contribution in [-0.2, 0) is 29.0 Å². The van der Waals surface area contributed by atoms with Crippen molar-refractivity contribution in [3.63, 3.8) is 0 Å². The van der Waals surface area contributed by atoms with Crippen molar-refractivity contribution in [3.8, 4) is 5.75 Å². The molecule has 33 heavy (non-hydrogen) atoms. The molecule has 0 saturated carbocycles. The van der Waals surface area contributed by atoms with E-state index in [0.717, 1.165) is 43.8 Å². The van der Waals surface area contributed by atoms with Crippen molar-refractivity contribution in [2.75, 3.05) is 26.2 Å². The maximum Gasteiger partial charge on any atom is 0.253 e. The van der Waals surface area contributed by atoms with Crippen LogP contribution in [0.4, 0.5) is 0 Å². The van der Waals surface area contributed by atoms with E-state index in [1.165, 1.54) is 11.1 Å². The summed E-state index contributed by atoms with van der Waals surface area (Å²) in [6.45, 7) is 12.8. The highest BCUT2D eigenvalue weighted by molar-refractivity contribution is 5.81. The van der Waals surface area contributed by atoms with Crippen LogP contribution in [0.5, 0.6) is 5.75 Å². The van der Waals surface area contributed by atoms with Gasteiger partial charge in [-0.25, -0.2) is 0 Å². The summed E-state index contributed by atoms with van der Waals surface area (Å²) in [7, 11) is 0. The van der Waals surface area contributed by atoms with Crippen molar-refractivity contribution in [3.05, 3.63) is 65.2 Å². The lowest BCUT2D eigenvalue weighted by Gasteiger charge is -2.36. The zero-order valence-corrected chi connectivity index (χ0v) is 20.5. The van der Waals surface area contributed by atoms with Crippen molar-refractivity contribution >= 4 is 5.91 Å². The predicted molar refractivity (Wildman–Crippen MR) is 131 cm³/mol. The molecule has 2 aliphatic rings. The number of carbonyl (C=O) groups is 1. The molecule has 1 saturated heterocycles. The standard InChI is InChI=1S/C28H38N2O3/c1-21(2)17-30(19-23-10-11-25-24(16-23)12-13-28(3,4)33-25)27(31)26-20-29(14-15-32-26)18-22-8-6-5-7-9-22/h5-11,16,21,26H,12-15,17-20H2,1-4H3. The molecule has 1 atom stereocenters. The summed E-state index contributed by atoms with van der Waals surface area (Å²) in [5.41, 5.74) is 3.55. The fraction of sp³-hybridized carbons (Fsp3) is 0.536. The number of hydrogen-bond acceptors (Lipinski definition) is 4. The van der Waals surface area contributed by atoms with Gasteiger partial charge in [0.2, 0.25) is 0 Å². The molecule has 0 bridgehead atoms. The van der Waals surface area contributed by atoms with E-state index >= 15 is 0 Å². The summed E-state index contributed by atoms with van der Waals surface area (Å²) in [6.07, 6.45) is 1.60. The summed E-state index contributed by atoms with van der Waals surface area (Å²) < 4.78 is 12.1. The van der Waals surface area contributed by atoms with E-state index in [1.807, 2.05) is 11.0 Å². The van der Waals surface area contributed by atoms with Crippen LogP contribution in [0.15, 0.2) is 48.5 Å². The number of morpholine rings is 1. The number of nitrogens with zero attached hydrogens (tertiary/aromatic N) is 2. The van der Waals surface area contributed by atoms with E-state index in [9.17, 15) is 4.79 Å². The number of ether oxygens (including phenoxy) is 2. The van der Waals surface area contributed by atoms with Crippen LogP contribution < -0.4 is 4.74 Å². The van der Waals surface area contributed by atoms with Gasteiger partial charge < -0.3 is 14.4 Å². The number of carbonyl (C=O) groups excluding carboxylic acids is 1. The molecule has 2 aromatic carbocycles. The van der Waals surface area contributed by atoms with Crippen LogP contribution >= 0.6 is 0 Å². The molecule has 2 heterocycles. The van der Waals surface area contributed by atoms with Crippen molar-refractivity contribution in [1.29, 1.82) is 0 Å². The Morgan fingerprint density at radius 3 is 2.70 bits per heavy atom. The van der Waals surface area contributed by atoms with E-state index < -0.39 is 6.10 Å². The molecule has 5 nitrogen and oxygen atoms in total. The fourth-order valence-electron chi connectivity index (χ4n) is 4.74. The number of rotatable bonds is 7. The molecule has 0 aliphatic carbocycles. The Morgan fingerprint density at radius 2 is 1.94 bits per heavy atom. The average Bonchev–Trinajstić information content (AvgIpc) is 2.78. The SMILES string of the molecule is CC(C)CN(Cc1ccc2c(c1)CCC(C)(C)O2)C(=O)C1CN(Cc2ccccc2)CCO1. The van der Waals surface area contributed by atoms with Gasteiger partial charge in [0.1, 0.15) is 17.5 Å². The zero-order valence-electron chi connectivity index (χ0n) is 20.5. The third kappa shape index (κ3) is 6.36. The predicted octanol–water partition coefficient (Wildman–Crippen LogP) is 4.68. The molecule has 1 unspecified atom stereocenters. The Labute approximate surface area is 198 Å². The molecule has 2 aliphatic heterocycles. The third-order valence-electron chi connectivity index (χ3n) is 6.45. The van der Waals surface area contributed by atoms with Crippen molar-refractivity contribution in [2.45, 2.75) is 65.3 Å². The maximum absolute atomic E-state index is 13.6. The van der Waals surface area contributed by atoms with Gasteiger partial charge in [0.15, 0.2) is 0 Å². The number of fused-ring (bicyclic) bond motifs is 1. The van der Waals surface area contributed by atoms with Gasteiger partial charge in [0, 0.05) is 32.7 Å². The van der Waals surface area contributed by atoms with E-state index in [2.05, 4.69) is 75.1 Å². The second kappa shape index (κ2) is 10.3. The highest BCUT2D eigenvalue weighted by atomic mass is 16.5. The number of benzene rings is 2. The summed E-state index contributed by atoms with van der Waals surface area (Å²) >= 11 is 0. The third-order valence-corrected chi connectivity index (χ3v) is 6.45. The van der Waals surface area contributed by atoms with Crippen LogP contribution in [0.25, 0.3) is 0 Å². The Hall–Kier alpha value is -2.37. The van der Waals surface area contributed by atoms with Gasteiger partial charge in [-0.05, 0) is 55.4 Å². The Kier molecular flexibility index (Phi) is 7.40. The first-order chi connectivity index (χ1) is 15.8. The Balaban J connectivity index is 1.44. The van der Waals surface area contributed by atoms with Crippen LogP contribution in [0.1, 0.15) is 50.8 Å². The normalized spacial score (nSPS) is 20.2. The highest BCUT2D eigenvalue weighted by Gasteiger charge is 2.31. The molecule has 1 amide bonds. The fourth-order valence-corrected chi connectivity index (χ4v) is 4.74. The first kappa shape index (κ1) is 23.8. The Bertz CT molecular complexity index is 941. The van der Waals surface area contributed by atoms with Crippen LogP contribution in [0.2, 0.25) is 0 Å². The topological polar surface area (TPSA) is 42.0 Å². The molecule has 0 radical (unpaired) electrons. The largest absolute Gasteiger partial charge is 0.488 e. The lowest BCUT2D eigenvalue weighted by Crippen LogP contribution is -2.51. The second-order valence-corrected chi connectivity index (χ2v) is 10.5. The molecular weight excluding hydrogens is 412 g/mol. The molecule has 2 aromatic rings. The molecule has 0 spiro atoms. The van der Waals surface area contributed by atoms with Gasteiger partial charge in [0.25, 0.3) is 5.91 Å². The number of amides is 1.